The van der Waals surface area contributed by atoms with Crippen molar-refractivity contribution in [3.05, 3.63) is 41.0 Å². The Morgan fingerprint density at radius 3 is 2.79 bits per heavy atom. The molecule has 0 spiro atoms. The highest BCUT2D eigenvalue weighted by Crippen LogP contribution is 2.27. The van der Waals surface area contributed by atoms with Crippen LogP contribution in [0, 0.1) is 0 Å². The summed E-state index contributed by atoms with van der Waals surface area (Å²) in [7, 11) is 1.37. The third kappa shape index (κ3) is 3.38. The molecule has 7 nitrogen and oxygen atoms in total. The topological polar surface area (TPSA) is 83.0 Å². The predicted molar refractivity (Wildman–Crippen MR) is 89.0 cm³/mol. The maximum Gasteiger partial charge on any atom is 0.348 e. The van der Waals surface area contributed by atoms with Gasteiger partial charge in [-0.3, -0.25) is 4.68 Å². The van der Waals surface area contributed by atoms with E-state index in [1.165, 1.54) is 18.4 Å². The Kier molecular flexibility index (Phi) is 4.23. The van der Waals surface area contributed by atoms with Gasteiger partial charge in [-0.1, -0.05) is 25.9 Å². The molecule has 0 unspecified atom stereocenters. The summed E-state index contributed by atoms with van der Waals surface area (Å²) in [6.45, 7) is 6.48. The molecule has 0 bridgehead atoms. The number of carbonyl (C=O) groups is 1. The second-order valence-corrected chi connectivity index (χ2v) is 7.40. The van der Waals surface area contributed by atoms with Gasteiger partial charge in [0, 0.05) is 11.6 Å². The number of esters is 1. The molecule has 0 saturated carbocycles. The molecule has 0 aliphatic heterocycles. The Balaban J connectivity index is 1.75. The SMILES string of the molecule is COC(=O)c1ccc(-c2ccn(Cc3noc(C(C)(C)C)n3)n2)s1. The summed E-state index contributed by atoms with van der Waals surface area (Å²) in [5.41, 5.74) is 0.608. The first-order valence-corrected chi connectivity index (χ1v) is 8.23. The molecule has 8 heteroatoms. The molecule has 0 aliphatic rings. The number of ether oxygens (including phenoxy) is 1. The first-order valence-electron chi connectivity index (χ1n) is 7.42. The lowest BCUT2D eigenvalue weighted by Crippen LogP contribution is -2.12. The molecule has 0 fully saturated rings. The van der Waals surface area contributed by atoms with Gasteiger partial charge in [0.1, 0.15) is 17.1 Å². The molecule has 3 aromatic heterocycles. The average Bonchev–Trinajstić information content (AvgIpc) is 3.25. The lowest BCUT2D eigenvalue weighted by molar-refractivity contribution is 0.0606. The van der Waals surface area contributed by atoms with Gasteiger partial charge in [0.15, 0.2) is 5.82 Å². The minimum absolute atomic E-state index is 0.179. The number of nitrogens with zero attached hydrogens (tertiary/aromatic N) is 4. The predicted octanol–water partition coefficient (Wildman–Crippen LogP) is 3.13. The number of rotatable bonds is 4. The normalized spacial score (nSPS) is 11.7. The smallest absolute Gasteiger partial charge is 0.348 e. The van der Waals surface area contributed by atoms with Gasteiger partial charge in [-0.2, -0.15) is 10.1 Å². The van der Waals surface area contributed by atoms with Crippen LogP contribution in [0.4, 0.5) is 0 Å². The van der Waals surface area contributed by atoms with Crippen LogP contribution in [0.25, 0.3) is 10.6 Å². The Morgan fingerprint density at radius 2 is 2.12 bits per heavy atom. The molecular weight excluding hydrogens is 328 g/mol. The average molecular weight is 346 g/mol. The molecule has 0 aliphatic carbocycles. The van der Waals surface area contributed by atoms with Crippen LogP contribution in [0.2, 0.25) is 0 Å². The number of hydrogen-bond acceptors (Lipinski definition) is 7. The zero-order valence-electron chi connectivity index (χ0n) is 13.9. The van der Waals surface area contributed by atoms with Gasteiger partial charge in [0.2, 0.25) is 5.89 Å². The number of aromatic nitrogens is 4. The molecule has 0 saturated heterocycles. The van der Waals surface area contributed by atoms with Gasteiger partial charge < -0.3 is 9.26 Å². The molecule has 0 N–H and O–H groups in total. The largest absolute Gasteiger partial charge is 0.465 e. The summed E-state index contributed by atoms with van der Waals surface area (Å²) in [4.78, 5) is 17.4. The minimum atomic E-state index is -0.341. The van der Waals surface area contributed by atoms with Crippen LogP contribution in [0.5, 0.6) is 0 Å². The molecule has 126 valence electrons. The second kappa shape index (κ2) is 6.20. The molecule has 0 atom stereocenters. The zero-order chi connectivity index (χ0) is 17.3. The van der Waals surface area contributed by atoms with E-state index < -0.39 is 0 Å². The molecule has 0 aromatic carbocycles. The number of carbonyl (C=O) groups excluding carboxylic acids is 1. The third-order valence-electron chi connectivity index (χ3n) is 3.30. The van der Waals surface area contributed by atoms with Crippen LogP contribution in [0.3, 0.4) is 0 Å². The maximum absolute atomic E-state index is 11.5. The Morgan fingerprint density at radius 1 is 1.33 bits per heavy atom. The van der Waals surface area contributed by atoms with Gasteiger partial charge >= 0.3 is 5.97 Å². The highest BCUT2D eigenvalue weighted by atomic mass is 32.1. The first-order chi connectivity index (χ1) is 11.4. The van der Waals surface area contributed by atoms with Gasteiger partial charge in [-0.25, -0.2) is 4.79 Å². The molecule has 3 aromatic rings. The molecule has 0 amide bonds. The minimum Gasteiger partial charge on any atom is -0.465 e. The van der Waals surface area contributed by atoms with Crippen LogP contribution >= 0.6 is 11.3 Å². The van der Waals surface area contributed by atoms with Crippen molar-refractivity contribution in [1.29, 1.82) is 0 Å². The van der Waals surface area contributed by atoms with E-state index in [1.54, 1.807) is 10.7 Å². The lowest BCUT2D eigenvalue weighted by Gasteiger charge is -2.10. The van der Waals surface area contributed by atoms with Crippen molar-refractivity contribution >= 4 is 17.3 Å². The van der Waals surface area contributed by atoms with Gasteiger partial charge in [0.05, 0.1) is 12.0 Å². The van der Waals surface area contributed by atoms with E-state index in [2.05, 4.69) is 15.2 Å². The highest BCUT2D eigenvalue weighted by Gasteiger charge is 2.22. The summed E-state index contributed by atoms with van der Waals surface area (Å²) in [6, 6.07) is 5.48. The summed E-state index contributed by atoms with van der Waals surface area (Å²) in [5.74, 6) is 0.842. The zero-order valence-corrected chi connectivity index (χ0v) is 14.8. The van der Waals surface area contributed by atoms with E-state index in [4.69, 9.17) is 9.26 Å². The lowest BCUT2D eigenvalue weighted by atomic mass is 9.97. The van der Waals surface area contributed by atoms with Crippen molar-refractivity contribution in [3.63, 3.8) is 0 Å². The second-order valence-electron chi connectivity index (χ2n) is 6.32. The quantitative estimate of drug-likeness (QED) is 0.675. The summed E-state index contributed by atoms with van der Waals surface area (Å²) >= 11 is 1.35. The summed E-state index contributed by atoms with van der Waals surface area (Å²) in [6.07, 6.45) is 1.85. The van der Waals surface area contributed by atoms with Gasteiger partial charge in [-0.05, 0) is 18.2 Å². The Labute approximate surface area is 143 Å². The first kappa shape index (κ1) is 16.4. The number of methoxy groups -OCH3 is 1. The van der Waals surface area contributed by atoms with Crippen LogP contribution in [-0.2, 0) is 16.7 Å². The van der Waals surface area contributed by atoms with Crippen molar-refractivity contribution < 1.29 is 14.1 Å². The van der Waals surface area contributed by atoms with E-state index in [0.29, 0.717) is 23.1 Å². The summed E-state index contributed by atoms with van der Waals surface area (Å²) < 4.78 is 11.7. The van der Waals surface area contributed by atoms with Crippen molar-refractivity contribution in [2.24, 2.45) is 0 Å². The van der Waals surface area contributed by atoms with Gasteiger partial charge in [-0.15, -0.1) is 11.3 Å². The highest BCUT2D eigenvalue weighted by molar-refractivity contribution is 7.17. The molecule has 0 radical (unpaired) electrons. The van der Waals surface area contributed by atoms with E-state index >= 15 is 0 Å². The standard InChI is InChI=1S/C16H18N4O3S/c1-16(2,3)15-17-13(19-23-15)9-20-8-7-10(18-20)11-5-6-12(24-11)14(21)22-4/h5-8H,9H2,1-4H3. The van der Waals surface area contributed by atoms with Crippen molar-refractivity contribution in [1.82, 2.24) is 19.9 Å². The van der Waals surface area contributed by atoms with Crippen LogP contribution in [0.15, 0.2) is 28.9 Å². The van der Waals surface area contributed by atoms with Crippen LogP contribution in [-0.4, -0.2) is 33.0 Å². The number of thiophene rings is 1. The molecule has 3 heterocycles. The Bertz CT molecular complexity index is 857. The van der Waals surface area contributed by atoms with Crippen molar-refractivity contribution in [2.45, 2.75) is 32.7 Å². The van der Waals surface area contributed by atoms with E-state index in [-0.39, 0.29) is 11.4 Å². The van der Waals surface area contributed by atoms with Crippen molar-refractivity contribution in [3.8, 4) is 10.6 Å². The van der Waals surface area contributed by atoms with E-state index in [1.807, 2.05) is 39.1 Å². The van der Waals surface area contributed by atoms with Crippen LogP contribution < -0.4 is 0 Å². The molecule has 24 heavy (non-hydrogen) atoms. The van der Waals surface area contributed by atoms with Gasteiger partial charge in [0.25, 0.3) is 0 Å². The molecule has 3 rings (SSSR count). The monoisotopic (exact) mass is 346 g/mol. The Hall–Kier alpha value is -2.48. The summed E-state index contributed by atoms with van der Waals surface area (Å²) in [5, 5.41) is 8.49. The molecular formula is C16H18N4O3S. The fourth-order valence-electron chi connectivity index (χ4n) is 2.03. The maximum atomic E-state index is 11.5. The van der Waals surface area contributed by atoms with Crippen LogP contribution in [0.1, 0.15) is 42.2 Å². The number of hydrogen-bond donors (Lipinski definition) is 0. The fraction of sp³-hybridized carbons (Fsp3) is 0.375. The van der Waals surface area contributed by atoms with Crippen molar-refractivity contribution in [2.75, 3.05) is 7.11 Å². The third-order valence-corrected chi connectivity index (χ3v) is 4.39. The van der Waals surface area contributed by atoms with E-state index in [9.17, 15) is 4.79 Å². The fourth-order valence-corrected chi connectivity index (χ4v) is 2.92. The van der Waals surface area contributed by atoms with E-state index in [0.717, 1.165) is 10.6 Å².